The smallest absolute Gasteiger partial charge is 0.273 e. The van der Waals surface area contributed by atoms with Crippen LogP contribution in [-0.4, -0.2) is 31.3 Å². The van der Waals surface area contributed by atoms with Crippen molar-refractivity contribution in [3.63, 3.8) is 0 Å². The first-order valence-electron chi connectivity index (χ1n) is 9.40. The minimum atomic E-state index is -3.83. The third-order valence-corrected chi connectivity index (χ3v) is 6.43. The van der Waals surface area contributed by atoms with Crippen molar-refractivity contribution in [1.82, 2.24) is 9.62 Å². The van der Waals surface area contributed by atoms with Gasteiger partial charge in [0.15, 0.2) is 0 Å². The number of sulfonamides is 1. The van der Waals surface area contributed by atoms with Crippen LogP contribution in [0.3, 0.4) is 0 Å². The summed E-state index contributed by atoms with van der Waals surface area (Å²) in [6.07, 6.45) is 3.80. The van der Waals surface area contributed by atoms with Gasteiger partial charge in [-0.2, -0.15) is 0 Å². The van der Waals surface area contributed by atoms with Gasteiger partial charge in [-0.3, -0.25) is 15.0 Å². The highest BCUT2D eigenvalue weighted by molar-refractivity contribution is 7.89. The van der Waals surface area contributed by atoms with Crippen LogP contribution in [0.5, 0.6) is 0 Å². The van der Waals surface area contributed by atoms with Gasteiger partial charge in [0.25, 0.3) is 5.69 Å². The normalized spacial score (nSPS) is 15.5. The van der Waals surface area contributed by atoms with E-state index >= 15 is 0 Å². The Balaban J connectivity index is 1.62. The highest BCUT2D eigenvalue weighted by Crippen LogP contribution is 2.22. The van der Waals surface area contributed by atoms with Crippen LogP contribution in [0.15, 0.2) is 47.4 Å². The fourth-order valence-corrected chi connectivity index (χ4v) is 4.39. The number of hydrogen-bond acceptors (Lipinski definition) is 5. The summed E-state index contributed by atoms with van der Waals surface area (Å²) < 4.78 is 27.5. The lowest BCUT2D eigenvalue weighted by Gasteiger charge is -2.26. The second-order valence-electron chi connectivity index (χ2n) is 7.18. The zero-order chi connectivity index (χ0) is 20.1. The molecule has 8 heteroatoms. The molecule has 150 valence electrons. The summed E-state index contributed by atoms with van der Waals surface area (Å²) in [5.41, 5.74) is 2.27. The lowest BCUT2D eigenvalue weighted by atomic mass is 10.1. The van der Waals surface area contributed by atoms with Crippen LogP contribution >= 0.6 is 0 Å². The molecule has 1 saturated heterocycles. The Morgan fingerprint density at radius 2 is 1.68 bits per heavy atom. The average molecular weight is 404 g/mol. The lowest BCUT2D eigenvalue weighted by molar-refractivity contribution is -0.385. The molecule has 0 atom stereocenters. The molecule has 0 bridgehead atoms. The van der Waals surface area contributed by atoms with E-state index in [2.05, 4.69) is 9.62 Å². The van der Waals surface area contributed by atoms with Gasteiger partial charge >= 0.3 is 0 Å². The molecule has 1 aliphatic heterocycles. The van der Waals surface area contributed by atoms with Gasteiger partial charge in [-0.15, -0.1) is 0 Å². The van der Waals surface area contributed by atoms with Gasteiger partial charge in [0.2, 0.25) is 10.0 Å². The fourth-order valence-electron chi connectivity index (χ4n) is 3.35. The molecule has 1 aliphatic rings. The van der Waals surface area contributed by atoms with E-state index in [-0.39, 0.29) is 17.1 Å². The summed E-state index contributed by atoms with van der Waals surface area (Å²) in [6.45, 7) is 4.88. The highest BCUT2D eigenvalue weighted by Gasteiger charge is 2.19. The maximum atomic E-state index is 12.5. The predicted octanol–water partition coefficient (Wildman–Crippen LogP) is 3.37. The van der Waals surface area contributed by atoms with Crippen molar-refractivity contribution in [2.45, 2.75) is 44.2 Å². The van der Waals surface area contributed by atoms with E-state index in [9.17, 15) is 18.5 Å². The molecule has 2 aromatic rings. The maximum absolute atomic E-state index is 12.5. The standard InChI is InChI=1S/C20H25N3O4S/c1-16-5-10-19(13-20(16)23(24)25)28(26,27)21-14-17-6-8-18(9-7-17)15-22-11-3-2-4-12-22/h5-10,13,21H,2-4,11-12,14-15H2,1H3. The van der Waals surface area contributed by atoms with Crippen LogP contribution < -0.4 is 4.72 Å². The van der Waals surface area contributed by atoms with E-state index < -0.39 is 14.9 Å². The van der Waals surface area contributed by atoms with Gasteiger partial charge in [-0.05, 0) is 50.0 Å². The number of nitro benzene ring substituents is 1. The van der Waals surface area contributed by atoms with Crippen molar-refractivity contribution in [3.05, 3.63) is 69.3 Å². The largest absolute Gasteiger partial charge is 0.299 e. The highest BCUT2D eigenvalue weighted by atomic mass is 32.2. The minimum absolute atomic E-state index is 0.105. The third-order valence-electron chi connectivity index (χ3n) is 5.03. The number of likely N-dealkylation sites (tertiary alicyclic amines) is 1. The molecule has 2 aromatic carbocycles. The van der Waals surface area contributed by atoms with Crippen molar-refractivity contribution < 1.29 is 13.3 Å². The Labute approximate surface area is 165 Å². The SMILES string of the molecule is Cc1ccc(S(=O)(=O)NCc2ccc(CN3CCCCC3)cc2)cc1[N+](=O)[O-]. The van der Waals surface area contributed by atoms with Crippen LogP contribution in [0.1, 0.15) is 36.0 Å². The van der Waals surface area contributed by atoms with E-state index in [0.29, 0.717) is 5.56 Å². The zero-order valence-electron chi connectivity index (χ0n) is 15.9. The Bertz CT molecular complexity index is 936. The molecule has 0 spiro atoms. The minimum Gasteiger partial charge on any atom is -0.299 e. The number of hydrogen-bond donors (Lipinski definition) is 1. The predicted molar refractivity (Wildman–Crippen MR) is 107 cm³/mol. The second-order valence-corrected chi connectivity index (χ2v) is 8.95. The topological polar surface area (TPSA) is 92.6 Å². The molecule has 0 saturated carbocycles. The molecule has 28 heavy (non-hydrogen) atoms. The van der Waals surface area contributed by atoms with Gasteiger partial charge in [0, 0.05) is 24.7 Å². The van der Waals surface area contributed by atoms with Crippen molar-refractivity contribution in [2.75, 3.05) is 13.1 Å². The number of benzene rings is 2. The third kappa shape index (κ3) is 5.15. The number of piperidine rings is 1. The Kier molecular flexibility index (Phi) is 6.43. The molecule has 1 heterocycles. The molecule has 1 N–H and O–H groups in total. The zero-order valence-corrected chi connectivity index (χ0v) is 16.7. The summed E-state index contributed by atoms with van der Waals surface area (Å²) in [7, 11) is -3.83. The number of nitrogens with zero attached hydrogens (tertiary/aromatic N) is 2. The first-order valence-corrected chi connectivity index (χ1v) is 10.9. The van der Waals surface area contributed by atoms with Gasteiger partial charge in [0.1, 0.15) is 0 Å². The van der Waals surface area contributed by atoms with Crippen LogP contribution in [0, 0.1) is 17.0 Å². The molecule has 1 fully saturated rings. The average Bonchev–Trinajstić information content (AvgIpc) is 2.68. The summed E-state index contributed by atoms with van der Waals surface area (Å²) in [5.74, 6) is 0. The molecule has 0 aromatic heterocycles. The molecule has 0 unspecified atom stereocenters. The van der Waals surface area contributed by atoms with Crippen LogP contribution in [0.4, 0.5) is 5.69 Å². The number of aryl methyl sites for hydroxylation is 1. The Hall–Kier alpha value is -2.29. The Morgan fingerprint density at radius 3 is 2.32 bits per heavy atom. The van der Waals surface area contributed by atoms with Crippen molar-refractivity contribution in [2.24, 2.45) is 0 Å². The lowest BCUT2D eigenvalue weighted by Crippen LogP contribution is -2.29. The Morgan fingerprint density at radius 1 is 1.04 bits per heavy atom. The second kappa shape index (κ2) is 8.81. The van der Waals surface area contributed by atoms with Crippen molar-refractivity contribution in [1.29, 1.82) is 0 Å². The molecule has 0 radical (unpaired) electrons. The van der Waals surface area contributed by atoms with E-state index in [0.717, 1.165) is 31.3 Å². The maximum Gasteiger partial charge on any atom is 0.273 e. The molecular weight excluding hydrogens is 378 g/mol. The van der Waals surface area contributed by atoms with E-state index in [1.807, 2.05) is 24.3 Å². The number of nitro groups is 1. The molecule has 0 amide bonds. The quantitative estimate of drug-likeness (QED) is 0.565. The first kappa shape index (κ1) is 20.4. The summed E-state index contributed by atoms with van der Waals surface area (Å²) in [4.78, 5) is 12.8. The van der Waals surface area contributed by atoms with Gasteiger partial charge in [-0.1, -0.05) is 36.8 Å². The van der Waals surface area contributed by atoms with Crippen molar-refractivity contribution >= 4 is 15.7 Å². The number of nitrogens with one attached hydrogen (secondary N) is 1. The van der Waals surface area contributed by atoms with E-state index in [1.165, 1.54) is 37.0 Å². The molecular formula is C20H25N3O4S. The molecule has 0 aliphatic carbocycles. The van der Waals surface area contributed by atoms with Crippen LogP contribution in [0.25, 0.3) is 0 Å². The van der Waals surface area contributed by atoms with Crippen LogP contribution in [0.2, 0.25) is 0 Å². The van der Waals surface area contributed by atoms with Gasteiger partial charge in [0.05, 0.1) is 9.82 Å². The van der Waals surface area contributed by atoms with Crippen molar-refractivity contribution in [3.8, 4) is 0 Å². The summed E-state index contributed by atoms with van der Waals surface area (Å²) in [6, 6.07) is 11.8. The fraction of sp³-hybridized carbons (Fsp3) is 0.400. The van der Waals surface area contributed by atoms with Gasteiger partial charge < -0.3 is 0 Å². The van der Waals surface area contributed by atoms with E-state index in [1.54, 1.807) is 6.92 Å². The van der Waals surface area contributed by atoms with E-state index in [4.69, 9.17) is 0 Å². The van der Waals surface area contributed by atoms with Gasteiger partial charge in [-0.25, -0.2) is 13.1 Å². The number of rotatable bonds is 7. The molecule has 7 nitrogen and oxygen atoms in total. The monoisotopic (exact) mass is 403 g/mol. The van der Waals surface area contributed by atoms with Crippen LogP contribution in [-0.2, 0) is 23.1 Å². The summed E-state index contributed by atoms with van der Waals surface area (Å²) in [5, 5.41) is 11.0. The molecule has 3 rings (SSSR count). The summed E-state index contributed by atoms with van der Waals surface area (Å²) >= 11 is 0. The first-order chi connectivity index (χ1) is 13.3.